The average Bonchev–Trinajstić information content (AvgIpc) is 3.39. The number of alkyl halides is 3. The van der Waals surface area contributed by atoms with Gasteiger partial charge in [-0.15, -0.1) is 0 Å². The SMILES string of the molecule is Cc1ccc(NC(=O)c2cccc(C(F)(F)F)c2)cc1Nc1nc(-c2cccnc2)c2c(ccn2COCC[Si](C)(C)C)n1. The number of ether oxygens (including phenoxy) is 1. The van der Waals surface area contributed by atoms with Crippen molar-refractivity contribution in [2.45, 2.75) is 45.5 Å². The van der Waals surface area contributed by atoms with Crippen molar-refractivity contribution in [3.8, 4) is 11.3 Å². The Kier molecular flexibility index (Phi) is 8.84. The standard InChI is InChI=1S/C32H33F3N6O2Si/c1-21-10-11-25(37-30(42)22-7-5-9-24(17-22)32(33,34)35)18-27(21)39-31-38-26-12-14-41(20-43-15-16-44(2,3)4)29(26)28(40-31)23-8-6-13-36-19-23/h5-14,17-19H,15-16,20H2,1-4H3,(H,37,42)(H,38,39,40). The van der Waals surface area contributed by atoms with Gasteiger partial charge in [-0.2, -0.15) is 13.2 Å². The van der Waals surface area contributed by atoms with E-state index in [1.165, 1.54) is 12.1 Å². The van der Waals surface area contributed by atoms with E-state index in [1.807, 2.05) is 35.9 Å². The molecule has 2 N–H and O–H groups in total. The molecular formula is C32H33F3N6O2Si. The van der Waals surface area contributed by atoms with Crippen LogP contribution in [0.4, 0.5) is 30.5 Å². The molecule has 44 heavy (non-hydrogen) atoms. The maximum Gasteiger partial charge on any atom is 0.416 e. The van der Waals surface area contributed by atoms with E-state index in [2.05, 4.69) is 35.3 Å². The summed E-state index contributed by atoms with van der Waals surface area (Å²) in [6.45, 7) is 9.86. The largest absolute Gasteiger partial charge is 0.416 e. The molecular weight excluding hydrogens is 585 g/mol. The van der Waals surface area contributed by atoms with Crippen LogP contribution in [0, 0.1) is 6.92 Å². The van der Waals surface area contributed by atoms with Crippen LogP contribution in [-0.2, 0) is 17.6 Å². The number of amides is 1. The summed E-state index contributed by atoms with van der Waals surface area (Å²) in [5.41, 5.74) is 3.89. The zero-order valence-corrected chi connectivity index (χ0v) is 25.9. The minimum absolute atomic E-state index is 0.0984. The van der Waals surface area contributed by atoms with Gasteiger partial charge < -0.3 is 19.9 Å². The molecule has 3 aromatic heterocycles. The molecule has 3 heterocycles. The number of pyridine rings is 1. The van der Waals surface area contributed by atoms with Gasteiger partial charge in [-0.05, 0) is 67.1 Å². The predicted molar refractivity (Wildman–Crippen MR) is 169 cm³/mol. The van der Waals surface area contributed by atoms with Crippen LogP contribution in [-0.4, -0.2) is 40.1 Å². The highest BCUT2D eigenvalue weighted by Gasteiger charge is 2.31. The van der Waals surface area contributed by atoms with Gasteiger partial charge in [0.2, 0.25) is 5.95 Å². The number of aromatic nitrogens is 4. The first-order chi connectivity index (χ1) is 20.9. The molecule has 2 aromatic carbocycles. The summed E-state index contributed by atoms with van der Waals surface area (Å²) < 4.78 is 47.4. The van der Waals surface area contributed by atoms with Crippen LogP contribution >= 0.6 is 0 Å². The smallest absolute Gasteiger partial charge is 0.361 e. The quantitative estimate of drug-likeness (QED) is 0.121. The highest BCUT2D eigenvalue weighted by molar-refractivity contribution is 6.76. The van der Waals surface area contributed by atoms with Gasteiger partial charge in [0.05, 0.1) is 16.6 Å². The third-order valence-corrected chi connectivity index (χ3v) is 8.67. The first kappa shape index (κ1) is 30.9. The number of nitrogens with zero attached hydrogens (tertiary/aromatic N) is 4. The molecule has 0 unspecified atom stereocenters. The van der Waals surface area contributed by atoms with Crippen molar-refractivity contribution < 1.29 is 22.7 Å². The van der Waals surface area contributed by atoms with Crippen molar-refractivity contribution in [2.75, 3.05) is 17.2 Å². The molecule has 0 saturated carbocycles. The Hall–Kier alpha value is -4.55. The van der Waals surface area contributed by atoms with Gasteiger partial charge in [0.25, 0.3) is 5.91 Å². The van der Waals surface area contributed by atoms with Gasteiger partial charge in [0.15, 0.2) is 0 Å². The number of benzene rings is 2. The second kappa shape index (κ2) is 12.6. The Morgan fingerprint density at radius 2 is 1.84 bits per heavy atom. The Bertz CT molecular complexity index is 1790. The summed E-state index contributed by atoms with van der Waals surface area (Å²) in [5.74, 6) is -0.325. The van der Waals surface area contributed by atoms with Gasteiger partial charge in [0, 0.05) is 55.8 Å². The molecule has 0 radical (unpaired) electrons. The maximum absolute atomic E-state index is 13.1. The number of halogens is 3. The van der Waals surface area contributed by atoms with E-state index in [-0.39, 0.29) is 5.56 Å². The van der Waals surface area contributed by atoms with Crippen molar-refractivity contribution in [1.82, 2.24) is 19.5 Å². The van der Waals surface area contributed by atoms with Gasteiger partial charge in [-0.25, -0.2) is 9.97 Å². The normalized spacial score (nSPS) is 12.0. The summed E-state index contributed by atoms with van der Waals surface area (Å²) in [4.78, 5) is 26.7. The fourth-order valence-corrected chi connectivity index (χ4v) is 5.27. The summed E-state index contributed by atoms with van der Waals surface area (Å²) in [7, 11) is -1.23. The molecule has 8 nitrogen and oxygen atoms in total. The van der Waals surface area contributed by atoms with Crippen LogP contribution in [0.3, 0.4) is 0 Å². The molecule has 0 aliphatic carbocycles. The van der Waals surface area contributed by atoms with Crippen LogP contribution in [0.5, 0.6) is 0 Å². The molecule has 0 saturated heterocycles. The number of hydrogen-bond acceptors (Lipinski definition) is 6. The average molecular weight is 619 g/mol. The van der Waals surface area contributed by atoms with E-state index in [9.17, 15) is 18.0 Å². The zero-order valence-electron chi connectivity index (χ0n) is 24.9. The minimum atomic E-state index is -4.55. The highest BCUT2D eigenvalue weighted by atomic mass is 28.3. The molecule has 0 spiro atoms. The van der Waals surface area contributed by atoms with Gasteiger partial charge in [-0.1, -0.05) is 31.8 Å². The lowest BCUT2D eigenvalue weighted by atomic mass is 10.1. The number of anilines is 3. The molecule has 0 aliphatic rings. The van der Waals surface area contributed by atoms with E-state index in [1.54, 1.807) is 30.6 Å². The fraction of sp³-hybridized carbons (Fsp3) is 0.250. The van der Waals surface area contributed by atoms with Crippen molar-refractivity contribution in [1.29, 1.82) is 0 Å². The van der Waals surface area contributed by atoms with E-state index in [0.29, 0.717) is 41.9 Å². The molecule has 0 bridgehead atoms. The van der Waals surface area contributed by atoms with Crippen LogP contribution in [0.1, 0.15) is 21.5 Å². The van der Waals surface area contributed by atoms with Crippen LogP contribution in [0.15, 0.2) is 79.3 Å². The third-order valence-electron chi connectivity index (χ3n) is 6.97. The molecule has 228 valence electrons. The van der Waals surface area contributed by atoms with Crippen LogP contribution < -0.4 is 10.6 Å². The maximum atomic E-state index is 13.1. The molecule has 5 aromatic rings. The highest BCUT2D eigenvalue weighted by Crippen LogP contribution is 2.32. The third kappa shape index (κ3) is 7.50. The zero-order chi connectivity index (χ0) is 31.5. The van der Waals surface area contributed by atoms with Gasteiger partial charge >= 0.3 is 6.18 Å². The molecule has 12 heteroatoms. The molecule has 5 rings (SSSR count). The van der Waals surface area contributed by atoms with Crippen LogP contribution in [0.25, 0.3) is 22.3 Å². The molecule has 0 aliphatic heterocycles. The number of carbonyl (C=O) groups is 1. The summed E-state index contributed by atoms with van der Waals surface area (Å²) in [6, 6.07) is 16.2. The minimum Gasteiger partial charge on any atom is -0.361 e. The van der Waals surface area contributed by atoms with Crippen molar-refractivity contribution >= 4 is 42.3 Å². The second-order valence-electron chi connectivity index (χ2n) is 11.7. The Labute approximate surface area is 254 Å². The number of nitrogens with one attached hydrogen (secondary N) is 2. The van der Waals surface area contributed by atoms with E-state index in [0.717, 1.165) is 34.8 Å². The number of aryl methyl sites for hydroxylation is 1. The Morgan fingerprint density at radius 1 is 1.02 bits per heavy atom. The van der Waals surface area contributed by atoms with Gasteiger partial charge in [-0.3, -0.25) is 9.78 Å². The summed E-state index contributed by atoms with van der Waals surface area (Å²) in [6.07, 6.45) is 0.813. The molecule has 1 amide bonds. The first-order valence-corrected chi connectivity index (χ1v) is 17.8. The number of rotatable bonds is 10. The van der Waals surface area contributed by atoms with Crippen molar-refractivity contribution in [3.63, 3.8) is 0 Å². The molecule has 0 atom stereocenters. The summed E-state index contributed by atoms with van der Waals surface area (Å²) in [5, 5.41) is 5.94. The van der Waals surface area contributed by atoms with E-state index in [4.69, 9.17) is 14.7 Å². The lowest BCUT2D eigenvalue weighted by Gasteiger charge is -2.16. The lowest BCUT2D eigenvalue weighted by Crippen LogP contribution is -2.22. The second-order valence-corrected chi connectivity index (χ2v) is 17.3. The summed E-state index contributed by atoms with van der Waals surface area (Å²) >= 11 is 0. The number of carbonyl (C=O) groups excluding carboxylic acids is 1. The number of fused-ring (bicyclic) bond motifs is 1. The Balaban J connectivity index is 1.42. The van der Waals surface area contributed by atoms with Crippen molar-refractivity contribution in [2.24, 2.45) is 0 Å². The molecule has 0 fully saturated rings. The fourth-order valence-electron chi connectivity index (χ4n) is 4.51. The Morgan fingerprint density at radius 3 is 2.57 bits per heavy atom. The van der Waals surface area contributed by atoms with Crippen molar-refractivity contribution in [3.05, 3.63) is 95.9 Å². The lowest BCUT2D eigenvalue weighted by molar-refractivity contribution is -0.137. The van der Waals surface area contributed by atoms with Gasteiger partial charge in [0.1, 0.15) is 12.4 Å². The monoisotopic (exact) mass is 618 g/mol. The van der Waals surface area contributed by atoms with E-state index >= 15 is 0 Å². The first-order valence-electron chi connectivity index (χ1n) is 14.1. The van der Waals surface area contributed by atoms with E-state index < -0.39 is 25.7 Å². The topological polar surface area (TPSA) is 94.0 Å². The van der Waals surface area contributed by atoms with Crippen LogP contribution in [0.2, 0.25) is 25.7 Å². The number of hydrogen-bond donors (Lipinski definition) is 2. The predicted octanol–water partition coefficient (Wildman–Crippen LogP) is 8.13.